The standard InChI is InChI=1S/C15H21N3O3S2/c1-17(2)23(20,21)10-11-7-18(8-13(11)19)9-15-16-12-5-3-4-6-14(12)22-15/h3-6,11,13,19H,7-10H2,1-2H3/t11-,13-/m0/s1. The summed E-state index contributed by atoms with van der Waals surface area (Å²) in [6.45, 7) is 1.71. The van der Waals surface area contributed by atoms with Crippen molar-refractivity contribution in [3.05, 3.63) is 29.3 Å². The van der Waals surface area contributed by atoms with E-state index >= 15 is 0 Å². The summed E-state index contributed by atoms with van der Waals surface area (Å²) < 4.78 is 26.4. The molecule has 0 unspecified atom stereocenters. The highest BCUT2D eigenvalue weighted by atomic mass is 32.2. The second kappa shape index (κ2) is 6.45. The van der Waals surface area contributed by atoms with Crippen LogP contribution in [0.25, 0.3) is 10.2 Å². The number of para-hydroxylation sites is 1. The zero-order valence-corrected chi connectivity index (χ0v) is 14.8. The number of hydrogen-bond donors (Lipinski definition) is 1. The monoisotopic (exact) mass is 355 g/mol. The minimum absolute atomic E-state index is 0.0164. The van der Waals surface area contributed by atoms with Gasteiger partial charge < -0.3 is 5.11 Å². The summed E-state index contributed by atoms with van der Waals surface area (Å²) in [4.78, 5) is 6.68. The van der Waals surface area contributed by atoms with Crippen LogP contribution < -0.4 is 0 Å². The molecule has 0 spiro atoms. The number of hydrogen-bond acceptors (Lipinski definition) is 6. The van der Waals surface area contributed by atoms with Crippen molar-refractivity contribution in [1.82, 2.24) is 14.2 Å². The maximum absolute atomic E-state index is 12.0. The van der Waals surface area contributed by atoms with Gasteiger partial charge in [-0.3, -0.25) is 4.90 Å². The lowest BCUT2D eigenvalue weighted by molar-refractivity contribution is 0.148. The van der Waals surface area contributed by atoms with Crippen LogP contribution in [-0.2, 0) is 16.6 Å². The van der Waals surface area contributed by atoms with Gasteiger partial charge in [0.05, 0.1) is 28.6 Å². The van der Waals surface area contributed by atoms with Crippen LogP contribution in [0.1, 0.15) is 5.01 Å². The van der Waals surface area contributed by atoms with E-state index in [-0.39, 0.29) is 11.7 Å². The van der Waals surface area contributed by atoms with Crippen molar-refractivity contribution >= 4 is 31.6 Å². The van der Waals surface area contributed by atoms with Gasteiger partial charge in [-0.05, 0) is 12.1 Å². The minimum atomic E-state index is -3.30. The summed E-state index contributed by atoms with van der Waals surface area (Å²) in [6, 6.07) is 7.99. The number of aliphatic hydroxyl groups excluding tert-OH is 1. The molecule has 1 N–H and O–H groups in total. The van der Waals surface area contributed by atoms with Crippen LogP contribution in [0.4, 0.5) is 0 Å². The molecule has 0 radical (unpaired) electrons. The van der Waals surface area contributed by atoms with E-state index in [4.69, 9.17) is 0 Å². The zero-order chi connectivity index (χ0) is 16.6. The third-order valence-electron chi connectivity index (χ3n) is 4.16. The molecule has 1 saturated heterocycles. The molecule has 1 aromatic heterocycles. The zero-order valence-electron chi connectivity index (χ0n) is 13.2. The molecular weight excluding hydrogens is 334 g/mol. The van der Waals surface area contributed by atoms with E-state index in [1.165, 1.54) is 18.4 Å². The number of sulfonamides is 1. The Bertz CT molecular complexity index is 755. The van der Waals surface area contributed by atoms with Crippen LogP contribution in [0, 0.1) is 5.92 Å². The third-order valence-corrected chi connectivity index (χ3v) is 7.14. The number of rotatable bonds is 5. The van der Waals surface area contributed by atoms with Gasteiger partial charge in [0.25, 0.3) is 0 Å². The van der Waals surface area contributed by atoms with Gasteiger partial charge in [-0.15, -0.1) is 11.3 Å². The highest BCUT2D eigenvalue weighted by Crippen LogP contribution is 2.26. The normalized spacial score (nSPS) is 23.1. The summed E-state index contributed by atoms with van der Waals surface area (Å²) in [5, 5.41) is 11.2. The molecule has 1 aliphatic heterocycles. The Labute approximate surface area is 140 Å². The molecule has 3 rings (SSSR count). The first-order valence-corrected chi connectivity index (χ1v) is 9.93. The van der Waals surface area contributed by atoms with E-state index in [2.05, 4.69) is 9.88 Å². The average Bonchev–Trinajstić information content (AvgIpc) is 3.01. The number of nitrogens with zero attached hydrogens (tertiary/aromatic N) is 3. The Morgan fingerprint density at radius 2 is 2.09 bits per heavy atom. The molecule has 2 aromatic rings. The molecule has 0 saturated carbocycles. The van der Waals surface area contributed by atoms with Crippen LogP contribution in [0.3, 0.4) is 0 Å². The molecule has 6 nitrogen and oxygen atoms in total. The van der Waals surface area contributed by atoms with Crippen molar-refractivity contribution in [2.24, 2.45) is 5.92 Å². The lowest BCUT2D eigenvalue weighted by Gasteiger charge is -2.17. The van der Waals surface area contributed by atoms with Gasteiger partial charge in [0.1, 0.15) is 5.01 Å². The van der Waals surface area contributed by atoms with E-state index in [9.17, 15) is 13.5 Å². The Balaban J connectivity index is 1.66. The van der Waals surface area contributed by atoms with Crippen molar-refractivity contribution < 1.29 is 13.5 Å². The minimum Gasteiger partial charge on any atom is -0.391 e. The summed E-state index contributed by atoms with van der Waals surface area (Å²) in [6.07, 6.45) is -0.612. The molecule has 0 amide bonds. The summed E-state index contributed by atoms with van der Waals surface area (Å²) in [7, 11) is -0.251. The fourth-order valence-corrected chi connectivity index (χ4v) is 5.01. The van der Waals surface area contributed by atoms with Gasteiger partial charge in [0.2, 0.25) is 10.0 Å². The molecule has 2 atom stereocenters. The van der Waals surface area contributed by atoms with Gasteiger partial charge in [-0.2, -0.15) is 0 Å². The van der Waals surface area contributed by atoms with Gasteiger partial charge >= 0.3 is 0 Å². The predicted molar refractivity (Wildman–Crippen MR) is 91.9 cm³/mol. The molecule has 1 fully saturated rings. The second-order valence-corrected chi connectivity index (χ2v) is 9.50. The maximum Gasteiger partial charge on any atom is 0.214 e. The van der Waals surface area contributed by atoms with Crippen LogP contribution in [0.5, 0.6) is 0 Å². The Morgan fingerprint density at radius 1 is 1.35 bits per heavy atom. The lowest BCUT2D eigenvalue weighted by Crippen LogP contribution is -2.33. The van der Waals surface area contributed by atoms with Crippen molar-refractivity contribution in [3.63, 3.8) is 0 Å². The number of likely N-dealkylation sites (tertiary alicyclic amines) is 1. The van der Waals surface area contributed by atoms with E-state index in [0.717, 1.165) is 15.2 Å². The molecule has 0 bridgehead atoms. The number of aliphatic hydroxyl groups is 1. The van der Waals surface area contributed by atoms with Crippen LogP contribution >= 0.6 is 11.3 Å². The molecule has 1 aromatic carbocycles. The van der Waals surface area contributed by atoms with Gasteiger partial charge in [-0.1, -0.05) is 12.1 Å². The molecule has 23 heavy (non-hydrogen) atoms. The summed E-state index contributed by atoms with van der Waals surface area (Å²) >= 11 is 1.64. The van der Waals surface area contributed by atoms with Crippen molar-refractivity contribution in [2.75, 3.05) is 32.9 Å². The highest BCUT2D eigenvalue weighted by molar-refractivity contribution is 7.89. The molecule has 1 aliphatic rings. The first-order chi connectivity index (χ1) is 10.8. The van der Waals surface area contributed by atoms with Crippen molar-refractivity contribution in [1.29, 1.82) is 0 Å². The molecule has 0 aliphatic carbocycles. The fraction of sp³-hybridized carbons (Fsp3) is 0.533. The summed E-state index contributed by atoms with van der Waals surface area (Å²) in [5.41, 5.74) is 0.985. The smallest absolute Gasteiger partial charge is 0.214 e. The highest BCUT2D eigenvalue weighted by Gasteiger charge is 2.35. The Hall–Kier alpha value is -1.06. The summed E-state index contributed by atoms with van der Waals surface area (Å²) in [5.74, 6) is -0.269. The van der Waals surface area contributed by atoms with E-state index in [1.54, 1.807) is 11.3 Å². The van der Waals surface area contributed by atoms with Gasteiger partial charge in [0.15, 0.2) is 0 Å². The maximum atomic E-state index is 12.0. The Morgan fingerprint density at radius 3 is 2.78 bits per heavy atom. The molecular formula is C15H21N3O3S2. The predicted octanol–water partition coefficient (Wildman–Crippen LogP) is 0.980. The fourth-order valence-electron chi connectivity index (χ4n) is 2.83. The largest absolute Gasteiger partial charge is 0.391 e. The first kappa shape index (κ1) is 16.8. The van der Waals surface area contributed by atoms with Gasteiger partial charge in [0, 0.05) is 33.1 Å². The molecule has 2 heterocycles. The SMILES string of the molecule is CN(C)S(=O)(=O)C[C@@H]1CN(Cc2nc3ccccc3s2)C[C@@H]1O. The van der Waals surface area contributed by atoms with Crippen LogP contribution in [0.2, 0.25) is 0 Å². The number of β-amino-alcohol motifs (C(OH)–C–C–N with tert-alkyl or cyclic N) is 1. The van der Waals surface area contributed by atoms with Crippen LogP contribution in [0.15, 0.2) is 24.3 Å². The molecule has 126 valence electrons. The van der Waals surface area contributed by atoms with Crippen molar-refractivity contribution in [2.45, 2.75) is 12.6 Å². The van der Waals surface area contributed by atoms with E-state index in [0.29, 0.717) is 19.6 Å². The average molecular weight is 355 g/mol. The number of fused-ring (bicyclic) bond motifs is 1. The lowest BCUT2D eigenvalue weighted by atomic mass is 10.1. The first-order valence-electron chi connectivity index (χ1n) is 7.50. The number of aromatic nitrogens is 1. The number of benzene rings is 1. The number of thiazole rings is 1. The van der Waals surface area contributed by atoms with Gasteiger partial charge in [-0.25, -0.2) is 17.7 Å². The van der Waals surface area contributed by atoms with Crippen molar-refractivity contribution in [3.8, 4) is 0 Å². The second-order valence-electron chi connectivity index (χ2n) is 6.16. The topological polar surface area (TPSA) is 73.7 Å². The third kappa shape index (κ3) is 3.72. The van der Waals surface area contributed by atoms with Crippen LogP contribution in [-0.4, -0.2) is 66.8 Å². The van der Waals surface area contributed by atoms with E-state index in [1.807, 2.05) is 24.3 Å². The molecule has 8 heteroatoms. The Kier molecular flexibility index (Phi) is 4.70. The quantitative estimate of drug-likeness (QED) is 0.865. The van der Waals surface area contributed by atoms with E-state index < -0.39 is 16.1 Å².